The van der Waals surface area contributed by atoms with Crippen molar-refractivity contribution < 1.29 is 4.79 Å². The molecule has 3 rings (SSSR count). The van der Waals surface area contributed by atoms with Crippen LogP contribution in [0.15, 0.2) is 18.2 Å². The summed E-state index contributed by atoms with van der Waals surface area (Å²) in [6.07, 6.45) is 4.63. The summed E-state index contributed by atoms with van der Waals surface area (Å²) in [5, 5.41) is 0. The monoisotopic (exact) mass is 315 g/mol. The van der Waals surface area contributed by atoms with Gasteiger partial charge in [-0.3, -0.25) is 4.79 Å². The Hall–Kier alpha value is -1.55. The van der Waals surface area contributed by atoms with E-state index in [1.165, 1.54) is 12.8 Å². The van der Waals surface area contributed by atoms with Crippen LogP contribution in [-0.4, -0.2) is 43.0 Å². The Morgan fingerprint density at radius 1 is 1.22 bits per heavy atom. The smallest absolute Gasteiger partial charge is 0.255 e. The minimum atomic E-state index is 0.154. The molecular weight excluding hydrogens is 286 g/mol. The van der Waals surface area contributed by atoms with Crippen molar-refractivity contribution in [1.82, 2.24) is 4.90 Å². The van der Waals surface area contributed by atoms with Crippen LogP contribution in [-0.2, 0) is 0 Å². The topological polar surface area (TPSA) is 49.6 Å². The Morgan fingerprint density at radius 3 is 2.65 bits per heavy atom. The van der Waals surface area contributed by atoms with Crippen molar-refractivity contribution in [2.45, 2.75) is 45.6 Å². The maximum Gasteiger partial charge on any atom is 0.255 e. The van der Waals surface area contributed by atoms with E-state index in [-0.39, 0.29) is 11.9 Å². The molecule has 2 fully saturated rings. The summed E-state index contributed by atoms with van der Waals surface area (Å²) in [4.78, 5) is 17.5. The van der Waals surface area contributed by atoms with Gasteiger partial charge in [0.25, 0.3) is 5.91 Å². The largest absolute Gasteiger partial charge is 0.371 e. The number of rotatable bonds is 3. The summed E-state index contributed by atoms with van der Waals surface area (Å²) < 4.78 is 0. The average Bonchev–Trinajstić information content (AvgIpc) is 3.08. The first kappa shape index (κ1) is 16.3. The lowest BCUT2D eigenvalue weighted by atomic mass is 9.91. The number of amides is 1. The van der Waals surface area contributed by atoms with E-state index >= 15 is 0 Å². The number of nitrogens with zero attached hydrogens (tertiary/aromatic N) is 2. The molecule has 1 aromatic rings. The number of hydrogen-bond acceptors (Lipinski definition) is 3. The molecule has 0 radical (unpaired) electrons. The Bertz CT molecular complexity index is 564. The minimum absolute atomic E-state index is 0.154. The van der Waals surface area contributed by atoms with Crippen LogP contribution >= 0.6 is 0 Å². The van der Waals surface area contributed by atoms with Gasteiger partial charge in [-0.25, -0.2) is 0 Å². The van der Waals surface area contributed by atoms with Crippen LogP contribution in [0.4, 0.5) is 5.69 Å². The minimum Gasteiger partial charge on any atom is -0.371 e. The number of aryl methyl sites for hydroxylation is 1. The molecule has 2 N–H and O–H groups in total. The number of carbonyl (C=O) groups excluding carboxylic acids is 1. The van der Waals surface area contributed by atoms with Crippen molar-refractivity contribution in [2.24, 2.45) is 11.7 Å². The number of likely N-dealkylation sites (tertiary alicyclic amines) is 1. The number of nitrogens with two attached hydrogens (primary N) is 1. The fourth-order valence-corrected chi connectivity index (χ4v) is 3.85. The van der Waals surface area contributed by atoms with Gasteiger partial charge < -0.3 is 15.5 Å². The van der Waals surface area contributed by atoms with Gasteiger partial charge in [0, 0.05) is 37.9 Å². The Morgan fingerprint density at radius 2 is 1.96 bits per heavy atom. The highest BCUT2D eigenvalue weighted by atomic mass is 16.2. The van der Waals surface area contributed by atoms with Crippen molar-refractivity contribution in [3.05, 3.63) is 29.3 Å². The Labute approximate surface area is 139 Å². The van der Waals surface area contributed by atoms with E-state index in [0.717, 1.165) is 55.8 Å². The summed E-state index contributed by atoms with van der Waals surface area (Å²) in [5.74, 6) is 0.605. The maximum atomic E-state index is 13.2. The van der Waals surface area contributed by atoms with Crippen molar-refractivity contribution in [3.63, 3.8) is 0 Å². The molecule has 2 aliphatic rings. The van der Waals surface area contributed by atoms with Gasteiger partial charge in [-0.05, 0) is 57.6 Å². The van der Waals surface area contributed by atoms with Gasteiger partial charge in [-0.15, -0.1) is 0 Å². The molecule has 2 aliphatic heterocycles. The molecule has 1 amide bonds. The first-order chi connectivity index (χ1) is 11.1. The average molecular weight is 315 g/mol. The van der Waals surface area contributed by atoms with E-state index in [9.17, 15) is 4.79 Å². The standard InChI is InChI=1S/C19H29N3O/c1-14-7-8-18(21-9-3-4-10-21)17(12-14)19(23)22-11-5-6-16(13-22)15(2)20/h7-8,12,15-16H,3-6,9-11,13,20H2,1-2H3/t15-,16-/m1/s1. The van der Waals surface area contributed by atoms with Gasteiger partial charge in [0.15, 0.2) is 0 Å². The van der Waals surface area contributed by atoms with Crippen molar-refractivity contribution >= 4 is 11.6 Å². The fraction of sp³-hybridized carbons (Fsp3) is 0.632. The molecule has 2 heterocycles. The molecule has 23 heavy (non-hydrogen) atoms. The highest BCUT2D eigenvalue weighted by Crippen LogP contribution is 2.28. The van der Waals surface area contributed by atoms with Crippen LogP contribution in [0.25, 0.3) is 0 Å². The third kappa shape index (κ3) is 3.52. The predicted molar refractivity (Wildman–Crippen MR) is 94.9 cm³/mol. The molecule has 1 aromatic carbocycles. The lowest BCUT2D eigenvalue weighted by Gasteiger charge is -2.35. The van der Waals surface area contributed by atoms with E-state index in [1.807, 2.05) is 4.90 Å². The zero-order chi connectivity index (χ0) is 16.4. The molecule has 4 nitrogen and oxygen atoms in total. The van der Waals surface area contributed by atoms with Gasteiger partial charge in [0.05, 0.1) is 5.56 Å². The quantitative estimate of drug-likeness (QED) is 0.933. The van der Waals surface area contributed by atoms with E-state index < -0.39 is 0 Å². The van der Waals surface area contributed by atoms with Crippen LogP contribution in [0.1, 0.15) is 48.5 Å². The lowest BCUT2D eigenvalue weighted by Crippen LogP contribution is -2.45. The number of piperidine rings is 1. The molecular formula is C19H29N3O. The molecule has 0 bridgehead atoms. The molecule has 2 saturated heterocycles. The number of carbonyl (C=O) groups is 1. The molecule has 0 aliphatic carbocycles. The van der Waals surface area contributed by atoms with Gasteiger partial charge in [0.1, 0.15) is 0 Å². The maximum absolute atomic E-state index is 13.2. The van der Waals surface area contributed by atoms with Crippen LogP contribution in [0.5, 0.6) is 0 Å². The zero-order valence-electron chi connectivity index (χ0n) is 14.4. The third-order valence-corrected chi connectivity index (χ3v) is 5.32. The SMILES string of the molecule is Cc1ccc(N2CCCC2)c(C(=O)N2CCC[C@@H]([C@@H](C)N)C2)c1. The second-order valence-corrected chi connectivity index (χ2v) is 7.23. The van der Waals surface area contributed by atoms with E-state index in [2.05, 4.69) is 36.9 Å². The summed E-state index contributed by atoms with van der Waals surface area (Å²) in [6, 6.07) is 6.46. The number of benzene rings is 1. The molecule has 0 saturated carbocycles. The molecule has 0 unspecified atom stereocenters. The molecule has 126 valence electrons. The number of hydrogen-bond donors (Lipinski definition) is 1. The van der Waals surface area contributed by atoms with Crippen molar-refractivity contribution in [3.8, 4) is 0 Å². The Kier molecular flexibility index (Phi) is 4.90. The summed E-state index contributed by atoms with van der Waals surface area (Å²) in [7, 11) is 0. The fourth-order valence-electron chi connectivity index (χ4n) is 3.85. The van der Waals surface area contributed by atoms with Crippen molar-refractivity contribution in [1.29, 1.82) is 0 Å². The van der Waals surface area contributed by atoms with Gasteiger partial charge in [0.2, 0.25) is 0 Å². The van der Waals surface area contributed by atoms with Crippen LogP contribution in [0, 0.1) is 12.8 Å². The van der Waals surface area contributed by atoms with Crippen LogP contribution < -0.4 is 10.6 Å². The van der Waals surface area contributed by atoms with E-state index in [4.69, 9.17) is 5.73 Å². The second-order valence-electron chi connectivity index (χ2n) is 7.23. The first-order valence-corrected chi connectivity index (χ1v) is 8.96. The van der Waals surface area contributed by atoms with Gasteiger partial charge in [-0.2, -0.15) is 0 Å². The normalized spacial score (nSPS) is 23.2. The van der Waals surface area contributed by atoms with Crippen molar-refractivity contribution in [2.75, 3.05) is 31.1 Å². The van der Waals surface area contributed by atoms with Gasteiger partial charge >= 0.3 is 0 Å². The van der Waals surface area contributed by atoms with Crippen LogP contribution in [0.2, 0.25) is 0 Å². The lowest BCUT2D eigenvalue weighted by molar-refractivity contribution is 0.0661. The molecule has 0 spiro atoms. The first-order valence-electron chi connectivity index (χ1n) is 8.96. The summed E-state index contributed by atoms with van der Waals surface area (Å²) >= 11 is 0. The Balaban J connectivity index is 1.84. The molecule has 0 aromatic heterocycles. The third-order valence-electron chi connectivity index (χ3n) is 5.32. The predicted octanol–water partition coefficient (Wildman–Crippen LogP) is 2.79. The van der Waals surface area contributed by atoms with Crippen LogP contribution in [0.3, 0.4) is 0 Å². The zero-order valence-corrected chi connectivity index (χ0v) is 14.4. The number of anilines is 1. The van der Waals surface area contributed by atoms with E-state index in [0.29, 0.717) is 5.92 Å². The molecule has 2 atom stereocenters. The summed E-state index contributed by atoms with van der Waals surface area (Å²) in [6.45, 7) is 7.89. The summed E-state index contributed by atoms with van der Waals surface area (Å²) in [5.41, 5.74) is 9.21. The molecule has 4 heteroatoms. The highest BCUT2D eigenvalue weighted by molar-refractivity contribution is 6.00. The second kappa shape index (κ2) is 6.91. The van der Waals surface area contributed by atoms with Gasteiger partial charge in [-0.1, -0.05) is 11.6 Å². The highest BCUT2D eigenvalue weighted by Gasteiger charge is 2.29. The van der Waals surface area contributed by atoms with E-state index in [1.54, 1.807) is 0 Å².